The van der Waals surface area contributed by atoms with Crippen LogP contribution in [0.5, 0.6) is 0 Å². The first-order valence-electron chi connectivity index (χ1n) is 7.11. The Balaban J connectivity index is 2.01. The molecule has 2 fully saturated rings. The second-order valence-electron chi connectivity index (χ2n) is 5.61. The van der Waals surface area contributed by atoms with E-state index in [4.69, 9.17) is 4.74 Å². The summed E-state index contributed by atoms with van der Waals surface area (Å²) in [7, 11) is 0. The van der Waals surface area contributed by atoms with Crippen LogP contribution < -0.4 is 0 Å². The average molecular weight is 239 g/mol. The van der Waals surface area contributed by atoms with E-state index in [2.05, 4.69) is 4.90 Å². The van der Waals surface area contributed by atoms with Gasteiger partial charge in [0.25, 0.3) is 0 Å². The molecule has 1 saturated heterocycles. The lowest BCUT2D eigenvalue weighted by Gasteiger charge is -2.47. The highest BCUT2D eigenvalue weighted by molar-refractivity contribution is 5.65. The summed E-state index contributed by atoms with van der Waals surface area (Å²) >= 11 is 0. The van der Waals surface area contributed by atoms with Crippen molar-refractivity contribution < 1.29 is 9.53 Å². The minimum atomic E-state index is -0.132. The van der Waals surface area contributed by atoms with Crippen molar-refractivity contribution in [2.75, 3.05) is 19.7 Å². The minimum Gasteiger partial charge on any atom is -0.464 e. The van der Waals surface area contributed by atoms with E-state index in [-0.39, 0.29) is 11.5 Å². The van der Waals surface area contributed by atoms with E-state index in [9.17, 15) is 4.79 Å². The quantitative estimate of drug-likeness (QED) is 0.709. The summed E-state index contributed by atoms with van der Waals surface area (Å²) in [6.07, 6.45) is 10.3. The molecular formula is C14H25NO2. The second kappa shape index (κ2) is 5.85. The Morgan fingerprint density at radius 1 is 1.06 bits per heavy atom. The van der Waals surface area contributed by atoms with Gasteiger partial charge in [-0.3, -0.25) is 9.69 Å². The van der Waals surface area contributed by atoms with Gasteiger partial charge in [-0.1, -0.05) is 25.7 Å². The van der Waals surface area contributed by atoms with E-state index in [1.807, 2.05) is 0 Å². The summed E-state index contributed by atoms with van der Waals surface area (Å²) in [6.45, 7) is 4.53. The van der Waals surface area contributed by atoms with Crippen LogP contribution in [0.2, 0.25) is 0 Å². The van der Waals surface area contributed by atoms with E-state index in [0.717, 1.165) is 0 Å². The fraction of sp³-hybridized carbons (Fsp3) is 0.929. The third kappa shape index (κ3) is 3.21. The van der Waals surface area contributed by atoms with Gasteiger partial charge in [-0.05, 0) is 38.8 Å². The summed E-state index contributed by atoms with van der Waals surface area (Å²) < 4.78 is 5.36. The van der Waals surface area contributed by atoms with Crippen molar-refractivity contribution in [1.29, 1.82) is 0 Å². The molecule has 3 heteroatoms. The minimum absolute atomic E-state index is 0.132. The van der Waals surface area contributed by atoms with Crippen LogP contribution in [0.25, 0.3) is 0 Å². The van der Waals surface area contributed by atoms with Gasteiger partial charge >= 0.3 is 5.97 Å². The van der Waals surface area contributed by atoms with Crippen LogP contribution in [0, 0.1) is 0 Å². The van der Waals surface area contributed by atoms with Crippen LogP contribution in [0.15, 0.2) is 0 Å². The van der Waals surface area contributed by atoms with Gasteiger partial charge in [0.15, 0.2) is 0 Å². The van der Waals surface area contributed by atoms with Gasteiger partial charge in [0.1, 0.15) is 6.61 Å². The lowest BCUT2D eigenvalue weighted by molar-refractivity contribution is -0.147. The van der Waals surface area contributed by atoms with Crippen LogP contribution in [-0.2, 0) is 9.53 Å². The van der Waals surface area contributed by atoms with Crippen LogP contribution in [0.1, 0.15) is 58.3 Å². The van der Waals surface area contributed by atoms with Crippen LogP contribution in [0.4, 0.5) is 0 Å². The summed E-state index contributed by atoms with van der Waals surface area (Å²) in [5.41, 5.74) is 0.171. The molecule has 1 heterocycles. The number of ether oxygens (including phenoxy) is 1. The molecule has 0 amide bonds. The summed E-state index contributed by atoms with van der Waals surface area (Å²) in [5.74, 6) is -0.132. The first kappa shape index (κ1) is 12.9. The maximum absolute atomic E-state index is 11.1. The number of rotatable bonds is 3. The van der Waals surface area contributed by atoms with Crippen molar-refractivity contribution in [1.82, 2.24) is 4.90 Å². The number of hydrogen-bond acceptors (Lipinski definition) is 3. The van der Waals surface area contributed by atoms with E-state index in [1.54, 1.807) is 0 Å². The van der Waals surface area contributed by atoms with Gasteiger partial charge in [0.2, 0.25) is 0 Å². The van der Waals surface area contributed by atoms with Crippen molar-refractivity contribution in [3.63, 3.8) is 0 Å². The van der Waals surface area contributed by atoms with Gasteiger partial charge in [0.05, 0.1) is 5.54 Å². The Morgan fingerprint density at radius 3 is 2.24 bits per heavy atom. The third-order valence-corrected chi connectivity index (χ3v) is 4.36. The molecule has 0 aromatic heterocycles. The maximum atomic E-state index is 11.1. The third-order valence-electron chi connectivity index (χ3n) is 4.36. The molecule has 0 N–H and O–H groups in total. The van der Waals surface area contributed by atoms with E-state index >= 15 is 0 Å². The number of piperidine rings is 1. The predicted octanol–water partition coefficient (Wildman–Crippen LogP) is 2.74. The number of nitrogens with zero attached hydrogens (tertiary/aromatic N) is 1. The monoisotopic (exact) mass is 239 g/mol. The topological polar surface area (TPSA) is 29.5 Å². The molecule has 0 aromatic carbocycles. The molecule has 0 bridgehead atoms. The molecule has 1 aliphatic heterocycles. The molecule has 0 spiro atoms. The molecule has 2 aliphatic rings. The zero-order valence-corrected chi connectivity index (χ0v) is 11.0. The molecule has 17 heavy (non-hydrogen) atoms. The second-order valence-corrected chi connectivity index (χ2v) is 5.61. The number of likely N-dealkylation sites (tertiary alicyclic amines) is 1. The van der Waals surface area contributed by atoms with Crippen molar-refractivity contribution in [3.8, 4) is 0 Å². The van der Waals surface area contributed by atoms with E-state index in [1.165, 1.54) is 71.4 Å². The zero-order valence-electron chi connectivity index (χ0n) is 11.0. The highest BCUT2D eigenvalue weighted by Gasteiger charge is 2.39. The molecule has 0 aromatic rings. The smallest absolute Gasteiger partial charge is 0.302 e. The normalized spacial score (nSPS) is 25.5. The fourth-order valence-electron chi connectivity index (χ4n) is 3.37. The van der Waals surface area contributed by atoms with Crippen molar-refractivity contribution in [3.05, 3.63) is 0 Å². The van der Waals surface area contributed by atoms with Gasteiger partial charge in [-0.15, -0.1) is 0 Å². The molecule has 2 rings (SSSR count). The Labute approximate surface area is 105 Å². The van der Waals surface area contributed by atoms with E-state index < -0.39 is 0 Å². The van der Waals surface area contributed by atoms with Gasteiger partial charge in [-0.25, -0.2) is 0 Å². The molecule has 3 nitrogen and oxygen atoms in total. The molecular weight excluding hydrogens is 214 g/mol. The van der Waals surface area contributed by atoms with E-state index in [0.29, 0.717) is 6.61 Å². The Hall–Kier alpha value is -0.570. The molecule has 1 saturated carbocycles. The number of carbonyl (C=O) groups is 1. The highest BCUT2D eigenvalue weighted by Crippen LogP contribution is 2.35. The van der Waals surface area contributed by atoms with Crippen LogP contribution >= 0.6 is 0 Å². The van der Waals surface area contributed by atoms with Gasteiger partial charge in [0, 0.05) is 6.92 Å². The Kier molecular flexibility index (Phi) is 4.43. The highest BCUT2D eigenvalue weighted by atomic mass is 16.5. The van der Waals surface area contributed by atoms with Crippen molar-refractivity contribution in [2.45, 2.75) is 63.8 Å². The molecule has 0 atom stereocenters. The number of hydrogen-bond donors (Lipinski definition) is 0. The molecule has 98 valence electrons. The van der Waals surface area contributed by atoms with Crippen LogP contribution in [0.3, 0.4) is 0 Å². The average Bonchev–Trinajstić information content (AvgIpc) is 2.39. The SMILES string of the molecule is CC(=O)OCC1(N2CCCCC2)CCCCC1. The molecule has 0 unspecified atom stereocenters. The predicted molar refractivity (Wildman–Crippen MR) is 67.9 cm³/mol. The standard InChI is InChI=1S/C14H25NO2/c1-13(16)17-12-14(8-4-2-5-9-14)15-10-6-3-7-11-15/h2-12H2,1H3. The fourth-order valence-corrected chi connectivity index (χ4v) is 3.37. The molecule has 0 radical (unpaired) electrons. The van der Waals surface area contributed by atoms with Crippen molar-refractivity contribution in [2.24, 2.45) is 0 Å². The summed E-state index contributed by atoms with van der Waals surface area (Å²) in [4.78, 5) is 13.7. The summed E-state index contributed by atoms with van der Waals surface area (Å²) in [6, 6.07) is 0. The largest absolute Gasteiger partial charge is 0.464 e. The number of carbonyl (C=O) groups excluding carboxylic acids is 1. The van der Waals surface area contributed by atoms with Gasteiger partial charge in [-0.2, -0.15) is 0 Å². The Morgan fingerprint density at radius 2 is 1.65 bits per heavy atom. The first-order valence-corrected chi connectivity index (χ1v) is 7.11. The van der Waals surface area contributed by atoms with Crippen LogP contribution in [-0.4, -0.2) is 36.1 Å². The zero-order chi connectivity index (χ0) is 12.1. The van der Waals surface area contributed by atoms with Crippen molar-refractivity contribution >= 4 is 5.97 Å². The van der Waals surface area contributed by atoms with Gasteiger partial charge < -0.3 is 4.74 Å². The Bertz CT molecular complexity index is 253. The first-order chi connectivity index (χ1) is 8.23. The molecule has 1 aliphatic carbocycles. The maximum Gasteiger partial charge on any atom is 0.302 e. The summed E-state index contributed by atoms with van der Waals surface area (Å²) in [5, 5.41) is 0. The lowest BCUT2D eigenvalue weighted by Crippen LogP contribution is -2.55. The lowest BCUT2D eigenvalue weighted by atomic mass is 9.80. The number of esters is 1.